The summed E-state index contributed by atoms with van der Waals surface area (Å²) < 4.78 is 5.24. The van der Waals surface area contributed by atoms with Gasteiger partial charge >= 0.3 is 0 Å². The van der Waals surface area contributed by atoms with Crippen LogP contribution in [0.1, 0.15) is 44.6 Å². The molecule has 0 bridgehead atoms. The highest BCUT2D eigenvalue weighted by atomic mass is 32.1. The largest absolute Gasteiger partial charge is 0.356 e. The second kappa shape index (κ2) is 8.39. The molecular weight excluding hydrogens is 362 g/mol. The lowest BCUT2D eigenvalue weighted by atomic mass is 9.97. The van der Waals surface area contributed by atoms with E-state index in [4.69, 9.17) is 4.52 Å². The molecule has 3 heterocycles. The van der Waals surface area contributed by atoms with Crippen LogP contribution in [-0.4, -0.2) is 32.6 Å². The maximum atomic E-state index is 12.0. The number of nitrogens with one attached hydrogen (secondary N) is 1. The molecule has 7 nitrogen and oxygen atoms in total. The van der Waals surface area contributed by atoms with E-state index in [1.54, 1.807) is 17.5 Å². The molecule has 0 aliphatic rings. The van der Waals surface area contributed by atoms with Crippen molar-refractivity contribution in [2.45, 2.75) is 45.4 Å². The first-order valence-corrected chi connectivity index (χ1v) is 9.75. The topological polar surface area (TPSA) is 93.8 Å². The third-order valence-corrected chi connectivity index (χ3v) is 4.74. The average molecular weight is 385 g/mol. The Bertz CT molecular complexity index is 883. The van der Waals surface area contributed by atoms with Crippen LogP contribution in [0, 0.1) is 0 Å². The Balaban J connectivity index is 1.41. The van der Waals surface area contributed by atoms with Crippen molar-refractivity contribution < 1.29 is 9.32 Å². The molecule has 0 atom stereocenters. The van der Waals surface area contributed by atoms with Gasteiger partial charge in [-0.2, -0.15) is 4.98 Å². The zero-order valence-corrected chi connectivity index (χ0v) is 16.5. The number of nitrogens with zero attached hydrogens (tertiary/aromatic N) is 4. The van der Waals surface area contributed by atoms with Gasteiger partial charge in [-0.3, -0.25) is 9.78 Å². The van der Waals surface area contributed by atoms with E-state index in [1.807, 2.05) is 44.4 Å². The maximum Gasteiger partial charge on any atom is 0.232 e. The van der Waals surface area contributed by atoms with Gasteiger partial charge in [0, 0.05) is 36.4 Å². The summed E-state index contributed by atoms with van der Waals surface area (Å²) in [6.07, 6.45) is 3.29. The standard InChI is InChI=1S/C19H23N5O2S/c1-19(2,3)18-23-15(24-26-18)9-11-21-16(25)8-7-13-12-27-17(22-13)14-6-4-5-10-20-14/h4-6,10,12H,7-9,11H2,1-3H3,(H,21,25). The minimum Gasteiger partial charge on any atom is -0.356 e. The number of thiazole rings is 1. The summed E-state index contributed by atoms with van der Waals surface area (Å²) in [6, 6.07) is 5.74. The molecule has 0 aliphatic carbocycles. The van der Waals surface area contributed by atoms with Gasteiger partial charge in [0.15, 0.2) is 5.82 Å². The highest BCUT2D eigenvalue weighted by Crippen LogP contribution is 2.22. The lowest BCUT2D eigenvalue weighted by molar-refractivity contribution is -0.121. The summed E-state index contributed by atoms with van der Waals surface area (Å²) in [4.78, 5) is 25.2. The number of carbonyl (C=O) groups excluding carboxylic acids is 1. The molecule has 27 heavy (non-hydrogen) atoms. The van der Waals surface area contributed by atoms with E-state index < -0.39 is 0 Å². The molecule has 142 valence electrons. The van der Waals surface area contributed by atoms with E-state index in [2.05, 4.69) is 25.4 Å². The van der Waals surface area contributed by atoms with Gasteiger partial charge in [0.1, 0.15) is 5.01 Å². The predicted octanol–water partition coefficient (Wildman–Crippen LogP) is 3.18. The molecule has 0 saturated carbocycles. The summed E-state index contributed by atoms with van der Waals surface area (Å²) in [5, 5.41) is 9.69. The maximum absolute atomic E-state index is 12.0. The smallest absolute Gasteiger partial charge is 0.232 e. The predicted molar refractivity (Wildman–Crippen MR) is 103 cm³/mol. The number of pyridine rings is 1. The van der Waals surface area contributed by atoms with Gasteiger partial charge < -0.3 is 9.84 Å². The first kappa shape index (κ1) is 19.2. The molecule has 0 aromatic carbocycles. The molecule has 8 heteroatoms. The lowest BCUT2D eigenvalue weighted by Crippen LogP contribution is -2.26. The fourth-order valence-electron chi connectivity index (χ4n) is 2.33. The van der Waals surface area contributed by atoms with Crippen molar-refractivity contribution in [2.75, 3.05) is 6.54 Å². The van der Waals surface area contributed by atoms with Crippen LogP contribution in [0.3, 0.4) is 0 Å². The van der Waals surface area contributed by atoms with Crippen molar-refractivity contribution in [1.82, 2.24) is 25.4 Å². The zero-order chi connectivity index (χ0) is 19.3. The van der Waals surface area contributed by atoms with E-state index in [9.17, 15) is 4.79 Å². The molecule has 1 N–H and O–H groups in total. The minimum atomic E-state index is -0.170. The zero-order valence-electron chi connectivity index (χ0n) is 15.7. The van der Waals surface area contributed by atoms with Crippen molar-refractivity contribution in [3.63, 3.8) is 0 Å². The number of aryl methyl sites for hydroxylation is 1. The fraction of sp³-hybridized carbons (Fsp3) is 0.421. The van der Waals surface area contributed by atoms with Crippen LogP contribution in [0.4, 0.5) is 0 Å². The Morgan fingerprint density at radius 2 is 2.07 bits per heavy atom. The molecule has 0 fully saturated rings. The second-order valence-corrected chi connectivity index (χ2v) is 8.08. The van der Waals surface area contributed by atoms with Crippen LogP contribution >= 0.6 is 11.3 Å². The van der Waals surface area contributed by atoms with Gasteiger partial charge in [-0.05, 0) is 18.6 Å². The van der Waals surface area contributed by atoms with E-state index >= 15 is 0 Å². The number of hydrogen-bond donors (Lipinski definition) is 1. The van der Waals surface area contributed by atoms with Crippen molar-refractivity contribution in [3.8, 4) is 10.7 Å². The Morgan fingerprint density at radius 3 is 2.78 bits per heavy atom. The quantitative estimate of drug-likeness (QED) is 0.671. The summed E-state index contributed by atoms with van der Waals surface area (Å²) in [5.74, 6) is 1.21. The lowest BCUT2D eigenvalue weighted by Gasteiger charge is -2.10. The van der Waals surface area contributed by atoms with Crippen LogP contribution in [-0.2, 0) is 23.1 Å². The molecule has 3 rings (SSSR count). The van der Waals surface area contributed by atoms with E-state index in [1.165, 1.54) is 0 Å². The van der Waals surface area contributed by atoms with Crippen LogP contribution in [0.15, 0.2) is 34.3 Å². The van der Waals surface area contributed by atoms with E-state index in [-0.39, 0.29) is 11.3 Å². The Morgan fingerprint density at radius 1 is 1.22 bits per heavy atom. The molecular formula is C19H23N5O2S. The molecule has 0 saturated heterocycles. The first-order chi connectivity index (χ1) is 12.9. The number of carbonyl (C=O) groups is 1. The first-order valence-electron chi connectivity index (χ1n) is 8.87. The van der Waals surface area contributed by atoms with Crippen molar-refractivity contribution in [1.29, 1.82) is 0 Å². The normalized spacial score (nSPS) is 11.5. The number of rotatable bonds is 7. The fourth-order valence-corrected chi connectivity index (χ4v) is 3.16. The number of amides is 1. The Kier molecular flexibility index (Phi) is 5.95. The van der Waals surface area contributed by atoms with Gasteiger partial charge in [0.25, 0.3) is 0 Å². The average Bonchev–Trinajstić information content (AvgIpc) is 3.30. The second-order valence-electron chi connectivity index (χ2n) is 7.22. The number of hydrogen-bond acceptors (Lipinski definition) is 7. The SMILES string of the molecule is CC(C)(C)c1nc(CCNC(=O)CCc2csc(-c3ccccn3)n2)no1. The van der Waals surface area contributed by atoms with Crippen LogP contribution in [0.2, 0.25) is 0 Å². The van der Waals surface area contributed by atoms with Gasteiger partial charge in [-0.15, -0.1) is 11.3 Å². The van der Waals surface area contributed by atoms with Crippen molar-refractivity contribution in [3.05, 3.63) is 47.2 Å². The molecule has 0 unspecified atom stereocenters. The van der Waals surface area contributed by atoms with Crippen LogP contribution in [0.5, 0.6) is 0 Å². The van der Waals surface area contributed by atoms with E-state index in [0.717, 1.165) is 16.4 Å². The summed E-state index contributed by atoms with van der Waals surface area (Å²) in [5.41, 5.74) is 1.59. The summed E-state index contributed by atoms with van der Waals surface area (Å²) >= 11 is 1.54. The molecule has 1 amide bonds. The van der Waals surface area contributed by atoms with Crippen molar-refractivity contribution in [2.24, 2.45) is 0 Å². The Labute approximate surface area is 162 Å². The van der Waals surface area contributed by atoms with Crippen LogP contribution in [0.25, 0.3) is 10.7 Å². The van der Waals surface area contributed by atoms with Gasteiger partial charge in [-0.25, -0.2) is 4.98 Å². The third kappa shape index (κ3) is 5.43. The van der Waals surface area contributed by atoms with Gasteiger partial charge in [0.05, 0.1) is 11.4 Å². The monoisotopic (exact) mass is 385 g/mol. The summed E-state index contributed by atoms with van der Waals surface area (Å²) in [6.45, 7) is 6.54. The Hall–Kier alpha value is -2.61. The highest BCUT2D eigenvalue weighted by molar-refractivity contribution is 7.13. The van der Waals surface area contributed by atoms with E-state index in [0.29, 0.717) is 37.5 Å². The molecule has 3 aromatic rings. The van der Waals surface area contributed by atoms with Crippen LogP contribution < -0.4 is 5.32 Å². The van der Waals surface area contributed by atoms with Gasteiger partial charge in [-0.1, -0.05) is 32.0 Å². The highest BCUT2D eigenvalue weighted by Gasteiger charge is 2.21. The third-order valence-electron chi connectivity index (χ3n) is 3.82. The summed E-state index contributed by atoms with van der Waals surface area (Å²) in [7, 11) is 0. The van der Waals surface area contributed by atoms with Gasteiger partial charge in [0.2, 0.25) is 11.8 Å². The minimum absolute atomic E-state index is 0.0121. The molecule has 3 aromatic heterocycles. The molecule has 0 aliphatic heterocycles. The molecule has 0 radical (unpaired) electrons. The molecule has 0 spiro atoms. The number of aromatic nitrogens is 4. The van der Waals surface area contributed by atoms with Crippen molar-refractivity contribution >= 4 is 17.2 Å².